The number of hydrogen-bond donors (Lipinski definition) is 2. The van der Waals surface area contributed by atoms with Crippen LogP contribution < -0.4 is 5.32 Å². The first kappa shape index (κ1) is 15.6. The Morgan fingerprint density at radius 1 is 1.63 bits per heavy atom. The molecular formula is C9H8ClF3N4OS. The fourth-order valence-electron chi connectivity index (χ4n) is 0.954. The Kier molecular flexibility index (Phi) is 5.04. The highest BCUT2D eigenvalue weighted by atomic mass is 35.5. The van der Waals surface area contributed by atoms with Crippen molar-refractivity contribution >= 4 is 41.1 Å². The summed E-state index contributed by atoms with van der Waals surface area (Å²) in [5, 5.41) is 11.5. The zero-order valence-electron chi connectivity index (χ0n) is 9.44. The monoisotopic (exact) mass is 312 g/mol. The Morgan fingerprint density at radius 2 is 2.26 bits per heavy atom. The van der Waals surface area contributed by atoms with Crippen LogP contribution in [0.15, 0.2) is 17.3 Å². The number of alkyl halides is 3. The fraction of sp³-hybridized carbons (Fsp3) is 0.222. The maximum Gasteiger partial charge on any atom is 0.417 e. The summed E-state index contributed by atoms with van der Waals surface area (Å²) in [6.07, 6.45) is -2.90. The number of aliphatic imine (C=N–C) groups is 1. The van der Waals surface area contributed by atoms with Crippen LogP contribution in [0.1, 0.15) is 5.56 Å². The van der Waals surface area contributed by atoms with E-state index in [4.69, 9.17) is 29.0 Å². The molecule has 1 rings (SSSR count). The summed E-state index contributed by atoms with van der Waals surface area (Å²) < 4.78 is 37.1. The lowest BCUT2D eigenvalue weighted by Gasteiger charge is -2.09. The molecule has 0 aliphatic carbocycles. The molecular weight excluding hydrogens is 305 g/mol. The van der Waals surface area contributed by atoms with Crippen LogP contribution in [0, 0.1) is 0 Å². The van der Waals surface area contributed by atoms with Crippen LogP contribution in [0.2, 0.25) is 5.02 Å². The van der Waals surface area contributed by atoms with E-state index in [9.17, 15) is 13.2 Å². The number of pyridine rings is 1. The van der Waals surface area contributed by atoms with E-state index in [0.717, 1.165) is 12.4 Å². The molecule has 1 aromatic rings. The number of hydrogen-bond acceptors (Lipinski definition) is 3. The number of hydroxylamine groups is 2. The lowest BCUT2D eigenvalue weighted by atomic mass is 10.3. The van der Waals surface area contributed by atoms with Gasteiger partial charge in [-0.05, 0) is 18.3 Å². The van der Waals surface area contributed by atoms with E-state index >= 15 is 0 Å². The number of aromatic nitrogens is 1. The third kappa shape index (κ3) is 4.97. The number of nitrogens with one attached hydrogen (secondary N) is 1. The lowest BCUT2D eigenvalue weighted by Crippen LogP contribution is -2.14. The van der Waals surface area contributed by atoms with Crippen LogP contribution >= 0.6 is 23.8 Å². The Morgan fingerprint density at radius 3 is 2.74 bits per heavy atom. The molecule has 1 heterocycles. The van der Waals surface area contributed by atoms with Crippen molar-refractivity contribution in [3.63, 3.8) is 0 Å². The molecule has 0 fully saturated rings. The van der Waals surface area contributed by atoms with E-state index in [1.54, 1.807) is 0 Å². The largest absolute Gasteiger partial charge is 0.417 e. The van der Waals surface area contributed by atoms with Crippen LogP contribution in [0.5, 0.6) is 0 Å². The third-order valence-corrected chi connectivity index (χ3v) is 2.23. The van der Waals surface area contributed by atoms with Crippen molar-refractivity contribution < 1.29 is 18.4 Å². The van der Waals surface area contributed by atoms with Gasteiger partial charge in [-0.25, -0.2) is 15.0 Å². The second-order valence-corrected chi connectivity index (χ2v) is 4.09. The number of anilines is 1. The van der Waals surface area contributed by atoms with Crippen LogP contribution in [0.25, 0.3) is 0 Å². The molecule has 0 atom stereocenters. The predicted molar refractivity (Wildman–Crippen MR) is 68.5 cm³/mol. The summed E-state index contributed by atoms with van der Waals surface area (Å²) in [5.74, 6) is -0.0580. The highest BCUT2D eigenvalue weighted by Gasteiger charge is 2.31. The van der Waals surface area contributed by atoms with Crippen LogP contribution in [-0.2, 0) is 6.18 Å². The van der Waals surface area contributed by atoms with Gasteiger partial charge in [0.15, 0.2) is 10.9 Å². The molecule has 0 aromatic carbocycles. The van der Waals surface area contributed by atoms with Crippen LogP contribution in [-0.4, -0.2) is 33.8 Å². The summed E-state index contributed by atoms with van der Waals surface area (Å²) in [4.78, 5) is 7.09. The fourth-order valence-corrected chi connectivity index (χ4v) is 1.31. The quantitative estimate of drug-likeness (QED) is 0.380. The normalized spacial score (nSPS) is 11.7. The molecule has 0 aliphatic rings. The third-order valence-electron chi connectivity index (χ3n) is 1.74. The first-order chi connectivity index (χ1) is 8.70. The van der Waals surface area contributed by atoms with E-state index < -0.39 is 11.7 Å². The average Bonchev–Trinajstić information content (AvgIpc) is 2.27. The average molecular weight is 313 g/mol. The maximum atomic E-state index is 12.4. The minimum Gasteiger partial charge on any atom is -0.314 e. The number of thiocarbonyl (C=S) groups is 1. The molecule has 10 heteroatoms. The topological polar surface area (TPSA) is 60.8 Å². The summed E-state index contributed by atoms with van der Waals surface area (Å²) in [6, 6.07) is 0.724. The van der Waals surface area contributed by atoms with Gasteiger partial charge in [0, 0.05) is 13.2 Å². The van der Waals surface area contributed by atoms with Crippen molar-refractivity contribution in [2.45, 2.75) is 6.18 Å². The van der Waals surface area contributed by atoms with Gasteiger partial charge in [0.2, 0.25) is 0 Å². The van der Waals surface area contributed by atoms with Gasteiger partial charge in [0.25, 0.3) is 0 Å². The molecule has 1 aromatic heterocycles. The van der Waals surface area contributed by atoms with Gasteiger partial charge in [-0.3, -0.25) is 5.21 Å². The van der Waals surface area contributed by atoms with E-state index in [0.29, 0.717) is 11.3 Å². The van der Waals surface area contributed by atoms with E-state index in [2.05, 4.69) is 15.3 Å². The SMILES string of the molecule is CN(O)C=NC(=S)Nc1ncc(C(F)(F)F)cc1Cl. The van der Waals surface area contributed by atoms with Gasteiger partial charge in [-0.15, -0.1) is 0 Å². The molecule has 0 saturated carbocycles. The molecule has 0 amide bonds. The molecule has 5 nitrogen and oxygen atoms in total. The van der Waals surface area contributed by atoms with Gasteiger partial charge in [0.1, 0.15) is 6.34 Å². The molecule has 0 spiro atoms. The molecule has 0 unspecified atom stereocenters. The Labute approximate surface area is 116 Å². The van der Waals surface area contributed by atoms with E-state index in [1.807, 2.05) is 0 Å². The summed E-state index contributed by atoms with van der Waals surface area (Å²) in [5.41, 5.74) is -0.965. The number of rotatable bonds is 2. The van der Waals surface area contributed by atoms with Gasteiger partial charge in [-0.2, -0.15) is 13.2 Å². The first-order valence-electron chi connectivity index (χ1n) is 4.70. The molecule has 104 valence electrons. The molecule has 19 heavy (non-hydrogen) atoms. The van der Waals surface area contributed by atoms with E-state index in [1.165, 1.54) is 7.05 Å². The Bertz CT molecular complexity index is 507. The van der Waals surface area contributed by atoms with Gasteiger partial charge in [0.05, 0.1) is 10.6 Å². The van der Waals surface area contributed by atoms with Crippen molar-refractivity contribution in [1.29, 1.82) is 0 Å². The lowest BCUT2D eigenvalue weighted by molar-refractivity contribution is -0.137. The highest BCUT2D eigenvalue weighted by Crippen LogP contribution is 2.32. The van der Waals surface area contributed by atoms with Gasteiger partial charge in [-0.1, -0.05) is 11.6 Å². The second kappa shape index (κ2) is 6.13. The van der Waals surface area contributed by atoms with E-state index in [-0.39, 0.29) is 16.0 Å². The van der Waals surface area contributed by atoms with Crippen LogP contribution in [0.4, 0.5) is 19.0 Å². The van der Waals surface area contributed by atoms with Crippen molar-refractivity contribution in [3.8, 4) is 0 Å². The number of nitrogens with zero attached hydrogens (tertiary/aromatic N) is 3. The second-order valence-electron chi connectivity index (χ2n) is 3.30. The Balaban J connectivity index is 2.84. The standard InChI is InChI=1S/C9H8ClF3N4OS/c1-17(18)4-15-8(19)16-7-6(10)2-5(3-14-7)9(11,12)13/h2-4,18H,1H3,(H,14,16,19). The summed E-state index contributed by atoms with van der Waals surface area (Å²) in [6.45, 7) is 0. The van der Waals surface area contributed by atoms with Crippen molar-refractivity contribution in [3.05, 3.63) is 22.8 Å². The number of halogens is 4. The zero-order chi connectivity index (χ0) is 14.6. The van der Waals surface area contributed by atoms with Crippen molar-refractivity contribution in [2.24, 2.45) is 4.99 Å². The summed E-state index contributed by atoms with van der Waals surface area (Å²) in [7, 11) is 1.30. The Hall–Kier alpha value is -1.45. The van der Waals surface area contributed by atoms with Gasteiger partial charge < -0.3 is 5.32 Å². The molecule has 0 bridgehead atoms. The molecule has 2 N–H and O–H groups in total. The zero-order valence-corrected chi connectivity index (χ0v) is 11.0. The van der Waals surface area contributed by atoms with Crippen LogP contribution in [0.3, 0.4) is 0 Å². The van der Waals surface area contributed by atoms with Gasteiger partial charge >= 0.3 is 6.18 Å². The molecule has 0 saturated heterocycles. The first-order valence-corrected chi connectivity index (χ1v) is 5.48. The summed E-state index contributed by atoms with van der Waals surface area (Å²) >= 11 is 10.4. The smallest absolute Gasteiger partial charge is 0.314 e. The minimum atomic E-state index is -4.52. The molecule has 0 radical (unpaired) electrons. The minimum absolute atomic E-state index is 0.0580. The van der Waals surface area contributed by atoms with Crippen molar-refractivity contribution in [2.75, 3.05) is 12.4 Å². The highest BCUT2D eigenvalue weighted by molar-refractivity contribution is 7.80. The molecule has 0 aliphatic heterocycles. The maximum absolute atomic E-state index is 12.4. The predicted octanol–water partition coefficient (Wildman–Crippen LogP) is 2.80. The van der Waals surface area contributed by atoms with Crippen molar-refractivity contribution in [1.82, 2.24) is 10.0 Å².